The number of amides is 1. The number of nitrogens with zero attached hydrogens (tertiary/aromatic N) is 2. The smallest absolute Gasteiger partial charge is 0.241 e. The maximum absolute atomic E-state index is 12.8. The Hall–Kier alpha value is -1.69. The SMILES string of the molecule is CC(C)(C)C1CC(C(=O)N2CCN(C/C=C/c3ccccc3)CC2)NN1. The Balaban J connectivity index is 1.42. The van der Waals surface area contributed by atoms with Gasteiger partial charge < -0.3 is 4.90 Å². The molecule has 1 aromatic rings. The quantitative estimate of drug-likeness (QED) is 0.868. The topological polar surface area (TPSA) is 47.6 Å². The Morgan fingerprint density at radius 1 is 1.12 bits per heavy atom. The number of hydrazine groups is 1. The fraction of sp³-hybridized carbons (Fsp3) is 0.571. The number of nitrogens with one attached hydrogen (secondary N) is 2. The normalized spacial score (nSPS) is 25.1. The van der Waals surface area contributed by atoms with E-state index in [1.54, 1.807) is 0 Å². The van der Waals surface area contributed by atoms with Gasteiger partial charge in [-0.25, -0.2) is 5.43 Å². The third-order valence-corrected chi connectivity index (χ3v) is 5.40. The largest absolute Gasteiger partial charge is 0.339 e. The molecule has 0 spiro atoms. The zero-order chi connectivity index (χ0) is 18.6. The molecule has 2 saturated heterocycles. The predicted octanol–water partition coefficient (Wildman–Crippen LogP) is 2.13. The Morgan fingerprint density at radius 3 is 2.42 bits per heavy atom. The van der Waals surface area contributed by atoms with E-state index in [-0.39, 0.29) is 17.4 Å². The predicted molar refractivity (Wildman–Crippen MR) is 106 cm³/mol. The molecule has 2 N–H and O–H groups in total. The number of benzene rings is 1. The molecule has 1 aromatic carbocycles. The zero-order valence-electron chi connectivity index (χ0n) is 16.2. The highest BCUT2D eigenvalue weighted by molar-refractivity contribution is 5.82. The van der Waals surface area contributed by atoms with Gasteiger partial charge in [-0.3, -0.25) is 15.1 Å². The molecule has 5 heteroatoms. The van der Waals surface area contributed by atoms with E-state index in [9.17, 15) is 4.79 Å². The van der Waals surface area contributed by atoms with Crippen molar-refractivity contribution in [2.24, 2.45) is 5.41 Å². The molecule has 1 amide bonds. The standard InChI is InChI=1S/C21H32N4O/c1-21(2,3)19-16-18(22-23-19)20(26)25-14-12-24(13-15-25)11-7-10-17-8-5-4-6-9-17/h4-10,18-19,22-23H,11-16H2,1-3H3/b10-7+. The monoisotopic (exact) mass is 356 g/mol. The number of carbonyl (C=O) groups excluding carboxylic acids is 1. The second-order valence-corrected chi connectivity index (χ2v) is 8.43. The third kappa shape index (κ3) is 4.93. The van der Waals surface area contributed by atoms with Gasteiger partial charge in [0.05, 0.1) is 0 Å². The lowest BCUT2D eigenvalue weighted by Gasteiger charge is -2.35. The van der Waals surface area contributed by atoms with Gasteiger partial charge in [-0.15, -0.1) is 0 Å². The summed E-state index contributed by atoms with van der Waals surface area (Å²) in [4.78, 5) is 17.2. The molecule has 3 rings (SSSR count). The Labute approximate surface area is 157 Å². The van der Waals surface area contributed by atoms with Crippen molar-refractivity contribution in [3.8, 4) is 0 Å². The van der Waals surface area contributed by atoms with Crippen LogP contribution in [-0.2, 0) is 4.79 Å². The van der Waals surface area contributed by atoms with Crippen molar-refractivity contribution in [3.63, 3.8) is 0 Å². The zero-order valence-corrected chi connectivity index (χ0v) is 16.2. The lowest BCUT2D eigenvalue weighted by molar-refractivity contribution is -0.134. The first-order chi connectivity index (χ1) is 12.4. The van der Waals surface area contributed by atoms with Crippen LogP contribution < -0.4 is 10.9 Å². The first-order valence-electron chi connectivity index (χ1n) is 9.67. The van der Waals surface area contributed by atoms with Gasteiger partial charge in [-0.1, -0.05) is 63.3 Å². The molecule has 2 unspecified atom stereocenters. The summed E-state index contributed by atoms with van der Waals surface area (Å²) in [5.41, 5.74) is 7.90. The van der Waals surface area contributed by atoms with Gasteiger partial charge >= 0.3 is 0 Å². The highest BCUT2D eigenvalue weighted by Gasteiger charge is 2.37. The van der Waals surface area contributed by atoms with E-state index in [4.69, 9.17) is 0 Å². The maximum atomic E-state index is 12.8. The van der Waals surface area contributed by atoms with Crippen LogP contribution in [0.2, 0.25) is 0 Å². The summed E-state index contributed by atoms with van der Waals surface area (Å²) in [6.07, 6.45) is 5.24. The second kappa shape index (κ2) is 8.33. The van der Waals surface area contributed by atoms with E-state index >= 15 is 0 Å². The Kier molecular flexibility index (Phi) is 6.12. The molecule has 26 heavy (non-hydrogen) atoms. The van der Waals surface area contributed by atoms with Gasteiger partial charge in [-0.05, 0) is 17.4 Å². The summed E-state index contributed by atoms with van der Waals surface area (Å²) in [6, 6.07) is 10.6. The van der Waals surface area contributed by atoms with Crippen LogP contribution in [0.3, 0.4) is 0 Å². The summed E-state index contributed by atoms with van der Waals surface area (Å²) in [6.45, 7) is 11.1. The molecule has 0 saturated carbocycles. The molecule has 142 valence electrons. The molecule has 0 radical (unpaired) electrons. The molecule has 0 aromatic heterocycles. The number of hydrogen-bond acceptors (Lipinski definition) is 4. The van der Waals surface area contributed by atoms with Gasteiger partial charge in [0, 0.05) is 38.8 Å². The van der Waals surface area contributed by atoms with Crippen molar-refractivity contribution in [3.05, 3.63) is 42.0 Å². The number of piperazine rings is 1. The summed E-state index contributed by atoms with van der Waals surface area (Å²) in [7, 11) is 0. The minimum Gasteiger partial charge on any atom is -0.339 e. The van der Waals surface area contributed by atoms with Crippen LogP contribution in [0.5, 0.6) is 0 Å². The molecule has 2 aliphatic rings. The van der Waals surface area contributed by atoms with Crippen molar-refractivity contribution in [2.45, 2.75) is 39.3 Å². The summed E-state index contributed by atoms with van der Waals surface area (Å²) in [5, 5.41) is 0. The van der Waals surface area contributed by atoms with Gasteiger partial charge in [0.25, 0.3) is 0 Å². The molecular weight excluding hydrogens is 324 g/mol. The van der Waals surface area contributed by atoms with Gasteiger partial charge in [0.2, 0.25) is 5.91 Å². The second-order valence-electron chi connectivity index (χ2n) is 8.43. The first kappa shape index (κ1) is 19.1. The van der Waals surface area contributed by atoms with E-state index in [1.807, 2.05) is 11.0 Å². The van der Waals surface area contributed by atoms with Gasteiger partial charge in [0.15, 0.2) is 0 Å². The van der Waals surface area contributed by atoms with Crippen LogP contribution in [-0.4, -0.2) is 60.5 Å². The Morgan fingerprint density at radius 2 is 1.81 bits per heavy atom. The number of hydrogen-bond donors (Lipinski definition) is 2. The minimum absolute atomic E-state index is 0.0937. The van der Waals surface area contributed by atoms with Crippen LogP contribution >= 0.6 is 0 Å². The van der Waals surface area contributed by atoms with Crippen molar-refractivity contribution in [2.75, 3.05) is 32.7 Å². The minimum atomic E-state index is -0.0937. The highest BCUT2D eigenvalue weighted by Crippen LogP contribution is 2.26. The first-order valence-corrected chi connectivity index (χ1v) is 9.67. The van der Waals surface area contributed by atoms with Crippen molar-refractivity contribution >= 4 is 12.0 Å². The van der Waals surface area contributed by atoms with Crippen molar-refractivity contribution < 1.29 is 4.79 Å². The van der Waals surface area contributed by atoms with Crippen molar-refractivity contribution in [1.82, 2.24) is 20.7 Å². The summed E-state index contributed by atoms with van der Waals surface area (Å²) < 4.78 is 0. The highest BCUT2D eigenvalue weighted by atomic mass is 16.2. The summed E-state index contributed by atoms with van der Waals surface area (Å²) >= 11 is 0. The molecule has 5 nitrogen and oxygen atoms in total. The van der Waals surface area contributed by atoms with E-state index < -0.39 is 0 Å². The lowest BCUT2D eigenvalue weighted by atomic mass is 9.84. The molecule has 2 aliphatic heterocycles. The average molecular weight is 357 g/mol. The number of rotatable bonds is 4. The van der Waals surface area contributed by atoms with Crippen LogP contribution in [0.1, 0.15) is 32.8 Å². The van der Waals surface area contributed by atoms with Gasteiger partial charge in [0.1, 0.15) is 6.04 Å². The van der Waals surface area contributed by atoms with Crippen LogP contribution in [0.15, 0.2) is 36.4 Å². The van der Waals surface area contributed by atoms with Crippen LogP contribution in [0, 0.1) is 5.41 Å². The molecule has 0 aliphatic carbocycles. The fourth-order valence-corrected chi connectivity index (χ4v) is 3.56. The van der Waals surface area contributed by atoms with Crippen molar-refractivity contribution in [1.29, 1.82) is 0 Å². The molecule has 2 atom stereocenters. The molecule has 2 heterocycles. The van der Waals surface area contributed by atoms with E-state index in [1.165, 1.54) is 5.56 Å². The average Bonchev–Trinajstić information content (AvgIpc) is 3.13. The lowest BCUT2D eigenvalue weighted by Crippen LogP contribution is -2.53. The molecule has 0 bridgehead atoms. The third-order valence-electron chi connectivity index (χ3n) is 5.40. The van der Waals surface area contributed by atoms with Gasteiger partial charge in [-0.2, -0.15) is 0 Å². The summed E-state index contributed by atoms with van der Waals surface area (Å²) in [5.74, 6) is 0.240. The van der Waals surface area contributed by atoms with Crippen LogP contribution in [0.4, 0.5) is 0 Å². The number of carbonyl (C=O) groups is 1. The van der Waals surface area contributed by atoms with E-state index in [0.29, 0.717) is 6.04 Å². The van der Waals surface area contributed by atoms with Crippen LogP contribution in [0.25, 0.3) is 6.08 Å². The fourth-order valence-electron chi connectivity index (χ4n) is 3.56. The van der Waals surface area contributed by atoms with E-state index in [2.05, 4.69) is 72.9 Å². The van der Waals surface area contributed by atoms with E-state index in [0.717, 1.165) is 39.1 Å². The molecular formula is C21H32N4O. The maximum Gasteiger partial charge on any atom is 0.241 e. The Bertz CT molecular complexity index is 615. The molecule has 2 fully saturated rings.